The highest BCUT2D eigenvalue weighted by molar-refractivity contribution is 5.83. The van der Waals surface area contributed by atoms with Crippen LogP contribution in [0.5, 0.6) is 5.75 Å². The van der Waals surface area contributed by atoms with Gasteiger partial charge in [0.25, 0.3) is 0 Å². The molecule has 2 aromatic rings. The first-order chi connectivity index (χ1) is 8.31. The molecule has 3 heteroatoms. The van der Waals surface area contributed by atoms with E-state index in [4.69, 9.17) is 4.74 Å². The van der Waals surface area contributed by atoms with Crippen LogP contribution in [0.4, 0.5) is 0 Å². The Kier molecular flexibility index (Phi) is 3.94. The number of pyridine rings is 1. The smallest absolute Gasteiger partial charge is 0.134 e. The number of nitrogens with zero attached hydrogens (tertiary/aromatic N) is 1. The summed E-state index contributed by atoms with van der Waals surface area (Å²) >= 11 is 0. The maximum Gasteiger partial charge on any atom is 0.134 e. The zero-order valence-corrected chi connectivity index (χ0v) is 10.0. The molecule has 0 spiro atoms. The summed E-state index contributed by atoms with van der Waals surface area (Å²) in [7, 11) is 0. The van der Waals surface area contributed by atoms with E-state index in [0.29, 0.717) is 6.61 Å². The molecule has 1 heterocycles. The van der Waals surface area contributed by atoms with Crippen LogP contribution in [0.1, 0.15) is 25.3 Å². The molecule has 1 aromatic heterocycles. The summed E-state index contributed by atoms with van der Waals surface area (Å²) in [6, 6.07) is 7.64. The van der Waals surface area contributed by atoms with Gasteiger partial charge in [-0.25, -0.2) is 0 Å². The standard InChI is InChI=1S/C14H17NO2/c1-2-3-7-17-10-11-5-4-6-14-13(11)8-12(16)9-15-14/h4-6,8-9,16H,2-3,7,10H2,1H3. The topological polar surface area (TPSA) is 42.4 Å². The molecular weight excluding hydrogens is 214 g/mol. The molecule has 0 saturated heterocycles. The van der Waals surface area contributed by atoms with Crippen LogP contribution in [0.15, 0.2) is 30.5 Å². The molecule has 2 rings (SSSR count). The van der Waals surface area contributed by atoms with Gasteiger partial charge in [0.05, 0.1) is 18.3 Å². The van der Waals surface area contributed by atoms with E-state index in [9.17, 15) is 5.11 Å². The Bertz CT molecular complexity index is 497. The van der Waals surface area contributed by atoms with E-state index in [-0.39, 0.29) is 5.75 Å². The Morgan fingerprint density at radius 1 is 1.35 bits per heavy atom. The Morgan fingerprint density at radius 2 is 2.24 bits per heavy atom. The van der Waals surface area contributed by atoms with Gasteiger partial charge >= 0.3 is 0 Å². The number of ether oxygens (including phenoxy) is 1. The van der Waals surface area contributed by atoms with Crippen LogP contribution in [0.25, 0.3) is 10.9 Å². The molecule has 0 fully saturated rings. The molecule has 0 aliphatic carbocycles. The van der Waals surface area contributed by atoms with Gasteiger partial charge in [-0.2, -0.15) is 0 Å². The number of unbranched alkanes of at least 4 members (excludes halogenated alkanes) is 1. The molecule has 17 heavy (non-hydrogen) atoms. The fraction of sp³-hybridized carbons (Fsp3) is 0.357. The first-order valence-corrected chi connectivity index (χ1v) is 5.95. The van der Waals surface area contributed by atoms with Crippen molar-refractivity contribution in [3.05, 3.63) is 36.0 Å². The molecule has 1 N–H and O–H groups in total. The zero-order valence-electron chi connectivity index (χ0n) is 10.0. The highest BCUT2D eigenvalue weighted by atomic mass is 16.5. The van der Waals surface area contributed by atoms with Crippen molar-refractivity contribution in [1.82, 2.24) is 4.98 Å². The van der Waals surface area contributed by atoms with E-state index >= 15 is 0 Å². The normalized spacial score (nSPS) is 10.9. The number of aromatic hydroxyl groups is 1. The third kappa shape index (κ3) is 2.94. The highest BCUT2D eigenvalue weighted by Gasteiger charge is 2.03. The summed E-state index contributed by atoms with van der Waals surface area (Å²) in [5.41, 5.74) is 1.96. The van der Waals surface area contributed by atoms with Crippen LogP contribution < -0.4 is 0 Å². The molecule has 90 valence electrons. The summed E-state index contributed by atoms with van der Waals surface area (Å²) in [6.45, 7) is 3.49. The van der Waals surface area contributed by atoms with E-state index in [1.807, 2.05) is 18.2 Å². The summed E-state index contributed by atoms with van der Waals surface area (Å²) in [6.07, 6.45) is 3.68. The van der Waals surface area contributed by atoms with Gasteiger partial charge in [-0.3, -0.25) is 4.98 Å². The Morgan fingerprint density at radius 3 is 3.06 bits per heavy atom. The largest absolute Gasteiger partial charge is 0.506 e. The molecule has 0 atom stereocenters. The van der Waals surface area contributed by atoms with Crippen LogP contribution in [0.2, 0.25) is 0 Å². The lowest BCUT2D eigenvalue weighted by Gasteiger charge is -2.07. The first kappa shape index (κ1) is 11.9. The molecule has 0 aliphatic heterocycles. The zero-order chi connectivity index (χ0) is 12.1. The summed E-state index contributed by atoms with van der Waals surface area (Å²) in [5.74, 6) is 0.193. The Hall–Kier alpha value is -1.61. The minimum Gasteiger partial charge on any atom is -0.506 e. The van der Waals surface area contributed by atoms with Gasteiger partial charge in [0.2, 0.25) is 0 Å². The Balaban J connectivity index is 2.18. The summed E-state index contributed by atoms with van der Waals surface area (Å²) in [5, 5.41) is 10.4. The third-order valence-corrected chi connectivity index (χ3v) is 2.70. The van der Waals surface area contributed by atoms with Crippen LogP contribution >= 0.6 is 0 Å². The fourth-order valence-electron chi connectivity index (χ4n) is 1.75. The molecule has 0 unspecified atom stereocenters. The Labute approximate surface area is 101 Å². The maximum absolute atomic E-state index is 9.46. The van der Waals surface area contributed by atoms with Crippen LogP contribution in [-0.4, -0.2) is 16.7 Å². The second kappa shape index (κ2) is 5.64. The lowest BCUT2D eigenvalue weighted by Crippen LogP contribution is -1.96. The van der Waals surface area contributed by atoms with E-state index in [1.165, 1.54) is 6.20 Å². The van der Waals surface area contributed by atoms with Crippen molar-refractivity contribution >= 4 is 10.9 Å². The van der Waals surface area contributed by atoms with Crippen molar-refractivity contribution in [3.8, 4) is 5.75 Å². The van der Waals surface area contributed by atoms with E-state index in [2.05, 4.69) is 11.9 Å². The number of fused-ring (bicyclic) bond motifs is 1. The molecule has 0 bridgehead atoms. The van der Waals surface area contributed by atoms with Crippen LogP contribution in [0.3, 0.4) is 0 Å². The average molecular weight is 231 g/mol. The minimum atomic E-state index is 0.193. The van der Waals surface area contributed by atoms with Gasteiger partial charge in [-0.05, 0) is 24.1 Å². The predicted octanol–water partition coefficient (Wildman–Crippen LogP) is 3.26. The predicted molar refractivity (Wildman–Crippen MR) is 68.0 cm³/mol. The van der Waals surface area contributed by atoms with Crippen molar-refractivity contribution in [3.63, 3.8) is 0 Å². The molecule has 1 aromatic carbocycles. The van der Waals surface area contributed by atoms with Gasteiger partial charge in [0.15, 0.2) is 0 Å². The minimum absolute atomic E-state index is 0.193. The molecule has 3 nitrogen and oxygen atoms in total. The quantitative estimate of drug-likeness (QED) is 0.803. The van der Waals surface area contributed by atoms with Crippen molar-refractivity contribution in [2.45, 2.75) is 26.4 Å². The van der Waals surface area contributed by atoms with Crippen molar-refractivity contribution in [2.75, 3.05) is 6.61 Å². The summed E-state index contributed by atoms with van der Waals surface area (Å²) < 4.78 is 5.60. The lowest BCUT2D eigenvalue weighted by molar-refractivity contribution is 0.119. The fourth-order valence-corrected chi connectivity index (χ4v) is 1.75. The number of benzene rings is 1. The van der Waals surface area contributed by atoms with Crippen LogP contribution in [-0.2, 0) is 11.3 Å². The molecular formula is C14H17NO2. The number of hydrogen-bond donors (Lipinski definition) is 1. The van der Waals surface area contributed by atoms with E-state index in [1.54, 1.807) is 6.07 Å². The monoisotopic (exact) mass is 231 g/mol. The molecule has 0 amide bonds. The van der Waals surface area contributed by atoms with E-state index < -0.39 is 0 Å². The second-order valence-corrected chi connectivity index (χ2v) is 4.08. The SMILES string of the molecule is CCCCOCc1cccc2ncc(O)cc12. The highest BCUT2D eigenvalue weighted by Crippen LogP contribution is 2.21. The lowest BCUT2D eigenvalue weighted by atomic mass is 10.1. The third-order valence-electron chi connectivity index (χ3n) is 2.70. The molecule has 0 radical (unpaired) electrons. The van der Waals surface area contributed by atoms with Crippen molar-refractivity contribution in [1.29, 1.82) is 0 Å². The second-order valence-electron chi connectivity index (χ2n) is 4.08. The molecule has 0 saturated carbocycles. The van der Waals surface area contributed by atoms with Crippen molar-refractivity contribution < 1.29 is 9.84 Å². The number of rotatable bonds is 5. The average Bonchev–Trinajstić information content (AvgIpc) is 2.35. The maximum atomic E-state index is 9.46. The van der Waals surface area contributed by atoms with Gasteiger partial charge in [0, 0.05) is 12.0 Å². The van der Waals surface area contributed by atoms with Gasteiger partial charge in [0.1, 0.15) is 5.75 Å². The van der Waals surface area contributed by atoms with Gasteiger partial charge in [-0.15, -0.1) is 0 Å². The van der Waals surface area contributed by atoms with E-state index in [0.717, 1.165) is 35.9 Å². The van der Waals surface area contributed by atoms with Crippen molar-refractivity contribution in [2.24, 2.45) is 0 Å². The van der Waals surface area contributed by atoms with Gasteiger partial charge in [-0.1, -0.05) is 25.5 Å². The van der Waals surface area contributed by atoms with Crippen LogP contribution in [0, 0.1) is 0 Å². The summed E-state index contributed by atoms with van der Waals surface area (Å²) in [4.78, 5) is 4.18. The van der Waals surface area contributed by atoms with Gasteiger partial charge < -0.3 is 9.84 Å². The number of aromatic nitrogens is 1. The number of hydrogen-bond acceptors (Lipinski definition) is 3. The first-order valence-electron chi connectivity index (χ1n) is 5.95. The molecule has 0 aliphatic rings.